The highest BCUT2D eigenvalue weighted by Crippen LogP contribution is 2.14. The van der Waals surface area contributed by atoms with Crippen LogP contribution in [0.3, 0.4) is 0 Å². The number of imidazole rings is 1. The van der Waals surface area contributed by atoms with Crippen molar-refractivity contribution in [3.63, 3.8) is 0 Å². The Balaban J connectivity index is 2.60. The molecule has 0 bridgehead atoms. The number of nitrogens with zero attached hydrogens (tertiary/aromatic N) is 1. The van der Waals surface area contributed by atoms with E-state index in [0.29, 0.717) is 6.92 Å². The van der Waals surface area contributed by atoms with E-state index in [1.807, 2.05) is 0 Å². The topological polar surface area (TPSA) is 45.8 Å². The Kier molecular flexibility index (Phi) is 2.21. The van der Waals surface area contributed by atoms with Gasteiger partial charge in [-0.15, -0.1) is 0 Å². The number of H-pyrrole nitrogens is 1. The molecule has 3 nitrogen and oxygen atoms in total. The van der Waals surface area contributed by atoms with E-state index in [2.05, 4.69) is 9.97 Å². The zero-order valence-electron chi connectivity index (χ0n) is 6.47. The molecule has 1 rings (SSSR count). The van der Waals surface area contributed by atoms with Crippen LogP contribution in [0.4, 0.5) is 8.78 Å². The molecule has 0 aliphatic heterocycles. The maximum atomic E-state index is 12.3. The zero-order valence-corrected chi connectivity index (χ0v) is 6.47. The van der Waals surface area contributed by atoms with Crippen LogP contribution < -0.4 is 0 Å². The molecule has 12 heavy (non-hydrogen) atoms. The van der Waals surface area contributed by atoms with Crippen molar-refractivity contribution >= 4 is 5.78 Å². The summed E-state index contributed by atoms with van der Waals surface area (Å²) in [5.74, 6) is -4.13. The molecular weight excluding hydrogens is 166 g/mol. The van der Waals surface area contributed by atoms with Crippen LogP contribution in [0.15, 0.2) is 12.4 Å². The lowest BCUT2D eigenvalue weighted by Gasteiger charge is -2.06. The van der Waals surface area contributed by atoms with E-state index in [9.17, 15) is 13.6 Å². The van der Waals surface area contributed by atoms with Gasteiger partial charge in [-0.05, 0) is 0 Å². The summed E-state index contributed by atoms with van der Waals surface area (Å²) in [7, 11) is 0. The molecule has 0 saturated carbocycles. The summed E-state index contributed by atoms with van der Waals surface area (Å²) in [6.45, 7) is 0.582. The summed E-state index contributed by atoms with van der Waals surface area (Å²) in [6.07, 6.45) is 2.54. The second-order valence-electron chi connectivity index (χ2n) is 2.52. The van der Waals surface area contributed by atoms with Gasteiger partial charge >= 0.3 is 5.92 Å². The first-order valence-corrected chi connectivity index (χ1v) is 3.39. The van der Waals surface area contributed by atoms with E-state index in [4.69, 9.17) is 0 Å². The molecule has 0 unspecified atom stereocenters. The van der Waals surface area contributed by atoms with Gasteiger partial charge < -0.3 is 4.98 Å². The van der Waals surface area contributed by atoms with Gasteiger partial charge in [0, 0.05) is 19.3 Å². The molecule has 0 aliphatic rings. The van der Waals surface area contributed by atoms with E-state index in [1.165, 1.54) is 12.4 Å². The van der Waals surface area contributed by atoms with Crippen LogP contribution in [0.2, 0.25) is 0 Å². The highest BCUT2D eigenvalue weighted by molar-refractivity contribution is 5.86. The lowest BCUT2D eigenvalue weighted by Crippen LogP contribution is -2.26. The van der Waals surface area contributed by atoms with Gasteiger partial charge in [-0.1, -0.05) is 0 Å². The Labute approximate surface area is 67.8 Å². The minimum atomic E-state index is -3.27. The molecule has 66 valence electrons. The number of halogens is 2. The Morgan fingerprint density at radius 1 is 1.75 bits per heavy atom. The lowest BCUT2D eigenvalue weighted by atomic mass is 10.2. The maximum absolute atomic E-state index is 12.3. The highest BCUT2D eigenvalue weighted by Gasteiger charge is 2.32. The first-order chi connectivity index (χ1) is 5.50. The predicted molar refractivity (Wildman–Crippen MR) is 37.9 cm³/mol. The van der Waals surface area contributed by atoms with Gasteiger partial charge in [-0.25, -0.2) is 4.98 Å². The van der Waals surface area contributed by atoms with E-state index in [0.717, 1.165) is 0 Å². The second kappa shape index (κ2) is 3.00. The molecule has 1 heterocycles. The van der Waals surface area contributed by atoms with Crippen LogP contribution in [-0.2, 0) is 11.2 Å². The fraction of sp³-hybridized carbons (Fsp3) is 0.429. The minimum absolute atomic E-state index is 0.265. The number of rotatable bonds is 3. The number of alkyl halides is 2. The Morgan fingerprint density at radius 2 is 2.42 bits per heavy atom. The summed E-state index contributed by atoms with van der Waals surface area (Å²) in [4.78, 5) is 17.0. The van der Waals surface area contributed by atoms with E-state index < -0.39 is 11.7 Å². The van der Waals surface area contributed by atoms with Gasteiger partial charge in [0.15, 0.2) is 0 Å². The third kappa shape index (κ3) is 2.11. The summed E-state index contributed by atoms with van der Waals surface area (Å²) < 4.78 is 24.6. The molecule has 1 aromatic rings. The molecular formula is C7H8F2N2O. The van der Waals surface area contributed by atoms with Gasteiger partial charge in [0.2, 0.25) is 5.78 Å². The van der Waals surface area contributed by atoms with Gasteiger partial charge in [-0.2, -0.15) is 8.78 Å². The molecule has 1 aromatic heterocycles. The highest BCUT2D eigenvalue weighted by atomic mass is 19.3. The number of carbonyl (C=O) groups excluding carboxylic acids is 1. The van der Waals surface area contributed by atoms with E-state index >= 15 is 0 Å². The van der Waals surface area contributed by atoms with Crippen LogP contribution in [-0.4, -0.2) is 21.7 Å². The third-order valence-electron chi connectivity index (χ3n) is 1.37. The summed E-state index contributed by atoms with van der Waals surface area (Å²) in [5, 5.41) is 0. The molecule has 0 saturated heterocycles. The van der Waals surface area contributed by atoms with Crippen molar-refractivity contribution in [1.82, 2.24) is 9.97 Å². The van der Waals surface area contributed by atoms with Crippen LogP contribution in [0.25, 0.3) is 0 Å². The number of hydrogen-bond acceptors (Lipinski definition) is 2. The van der Waals surface area contributed by atoms with Crippen molar-refractivity contribution in [2.45, 2.75) is 19.3 Å². The number of hydrogen-bond donors (Lipinski definition) is 1. The zero-order chi connectivity index (χ0) is 9.19. The van der Waals surface area contributed by atoms with Crippen molar-refractivity contribution in [1.29, 1.82) is 0 Å². The van der Waals surface area contributed by atoms with Crippen molar-refractivity contribution < 1.29 is 13.6 Å². The van der Waals surface area contributed by atoms with Crippen LogP contribution in [0.1, 0.15) is 12.7 Å². The normalized spacial score (nSPS) is 11.6. The van der Waals surface area contributed by atoms with Crippen molar-refractivity contribution in [2.75, 3.05) is 0 Å². The maximum Gasteiger partial charge on any atom is 0.303 e. The van der Waals surface area contributed by atoms with Crippen molar-refractivity contribution in [3.8, 4) is 0 Å². The van der Waals surface area contributed by atoms with Crippen LogP contribution in [0, 0.1) is 0 Å². The number of aromatic amines is 1. The molecule has 0 radical (unpaired) electrons. The third-order valence-corrected chi connectivity index (χ3v) is 1.37. The summed E-state index contributed by atoms with van der Waals surface area (Å²) in [5.41, 5.74) is 0. The van der Waals surface area contributed by atoms with E-state index in [-0.39, 0.29) is 12.2 Å². The molecule has 0 fully saturated rings. The van der Waals surface area contributed by atoms with Crippen LogP contribution in [0.5, 0.6) is 0 Å². The Morgan fingerprint density at radius 3 is 2.83 bits per heavy atom. The summed E-state index contributed by atoms with van der Waals surface area (Å²) >= 11 is 0. The number of carbonyl (C=O) groups is 1. The van der Waals surface area contributed by atoms with Crippen molar-refractivity contribution in [2.24, 2.45) is 0 Å². The number of nitrogens with one attached hydrogen (secondary N) is 1. The first-order valence-electron chi connectivity index (χ1n) is 3.39. The largest absolute Gasteiger partial charge is 0.348 e. The van der Waals surface area contributed by atoms with Gasteiger partial charge in [0.05, 0.1) is 6.42 Å². The minimum Gasteiger partial charge on any atom is -0.348 e. The van der Waals surface area contributed by atoms with Gasteiger partial charge in [-0.3, -0.25) is 4.79 Å². The smallest absolute Gasteiger partial charge is 0.303 e. The number of aromatic nitrogens is 2. The molecule has 5 heteroatoms. The van der Waals surface area contributed by atoms with E-state index in [1.54, 1.807) is 0 Å². The van der Waals surface area contributed by atoms with Crippen molar-refractivity contribution in [3.05, 3.63) is 18.2 Å². The second-order valence-corrected chi connectivity index (χ2v) is 2.52. The molecule has 0 amide bonds. The SMILES string of the molecule is CC(F)(F)C(=O)Cc1ncc[nH]1. The van der Waals surface area contributed by atoms with Gasteiger partial charge in [0.25, 0.3) is 0 Å². The number of Topliss-reactive ketones (excluding diaryl/α,β-unsaturated/α-hetero) is 1. The average Bonchev–Trinajstić information content (AvgIpc) is 2.37. The predicted octanol–water partition coefficient (Wildman–Crippen LogP) is 1.18. The Hall–Kier alpha value is -1.26. The molecule has 1 N–H and O–H groups in total. The molecule has 0 spiro atoms. The lowest BCUT2D eigenvalue weighted by molar-refractivity contribution is -0.139. The Bertz CT molecular complexity index is 263. The number of ketones is 1. The fourth-order valence-electron chi connectivity index (χ4n) is 0.702. The first kappa shape index (κ1) is 8.83. The molecule has 0 aromatic carbocycles. The van der Waals surface area contributed by atoms with Crippen LogP contribution >= 0.6 is 0 Å². The fourth-order valence-corrected chi connectivity index (χ4v) is 0.702. The molecule has 0 atom stereocenters. The molecule has 0 aliphatic carbocycles. The summed E-state index contributed by atoms with van der Waals surface area (Å²) in [6, 6.07) is 0. The monoisotopic (exact) mass is 174 g/mol. The van der Waals surface area contributed by atoms with Gasteiger partial charge in [0.1, 0.15) is 5.82 Å². The quantitative estimate of drug-likeness (QED) is 0.747. The average molecular weight is 174 g/mol. The standard InChI is InChI=1S/C7H8F2N2O/c1-7(8,9)5(12)4-6-10-2-3-11-6/h2-3H,4H2,1H3,(H,10,11).